The monoisotopic (exact) mass is 281 g/mol. The van der Waals surface area contributed by atoms with E-state index in [0.29, 0.717) is 17.1 Å². The molecule has 4 heteroatoms. The lowest BCUT2D eigenvalue weighted by molar-refractivity contribution is 0.280. The Balaban J connectivity index is 2.17. The molecule has 0 spiro atoms. The molecule has 1 aliphatic carbocycles. The Morgan fingerprint density at radius 1 is 1.16 bits per heavy atom. The summed E-state index contributed by atoms with van der Waals surface area (Å²) in [4.78, 5) is 8.50. The molecule has 2 unspecified atom stereocenters. The van der Waals surface area contributed by atoms with Crippen molar-refractivity contribution in [3.8, 4) is 0 Å². The molecule has 1 aromatic rings. The largest absolute Gasteiger partial charge is 0.367 e. The summed E-state index contributed by atoms with van der Waals surface area (Å²) in [5.74, 6) is 2.80. The molecule has 0 saturated heterocycles. The minimum atomic E-state index is 0.328. The Labute approximate surface area is 121 Å². The third-order valence-corrected chi connectivity index (χ3v) is 4.23. The predicted molar refractivity (Wildman–Crippen MR) is 80.7 cm³/mol. The molecule has 0 aromatic carbocycles. The van der Waals surface area contributed by atoms with Crippen LogP contribution in [0.4, 0.5) is 5.82 Å². The highest BCUT2D eigenvalue weighted by molar-refractivity contribution is 6.30. The molecule has 3 nitrogen and oxygen atoms in total. The number of nitrogens with zero attached hydrogens (tertiary/aromatic N) is 2. The normalized spacial score (nSPS) is 27.6. The van der Waals surface area contributed by atoms with E-state index in [-0.39, 0.29) is 0 Å². The van der Waals surface area contributed by atoms with E-state index < -0.39 is 0 Å². The van der Waals surface area contributed by atoms with Gasteiger partial charge in [0.25, 0.3) is 0 Å². The van der Waals surface area contributed by atoms with Gasteiger partial charge in [0.05, 0.1) is 0 Å². The molecule has 1 aromatic heterocycles. The van der Waals surface area contributed by atoms with E-state index in [1.807, 2.05) is 0 Å². The molecule has 1 heterocycles. The third-order valence-electron chi connectivity index (χ3n) is 3.93. The molecule has 19 heavy (non-hydrogen) atoms. The summed E-state index contributed by atoms with van der Waals surface area (Å²) in [5, 5.41) is 4.17. The minimum Gasteiger partial charge on any atom is -0.367 e. The van der Waals surface area contributed by atoms with Gasteiger partial charge in [0.2, 0.25) is 0 Å². The van der Waals surface area contributed by atoms with Gasteiger partial charge in [-0.2, -0.15) is 0 Å². The molecule has 2 rings (SSSR count). The zero-order valence-electron chi connectivity index (χ0n) is 12.3. The zero-order chi connectivity index (χ0) is 14.0. The van der Waals surface area contributed by atoms with Gasteiger partial charge in [-0.25, -0.2) is 9.97 Å². The number of rotatable bonds is 3. The molecule has 0 amide bonds. The first-order valence-corrected chi connectivity index (χ1v) is 7.62. The highest BCUT2D eigenvalue weighted by atomic mass is 35.5. The van der Waals surface area contributed by atoms with E-state index in [2.05, 4.69) is 43.0 Å². The second kappa shape index (κ2) is 6.08. The van der Waals surface area contributed by atoms with Crippen LogP contribution in [0.15, 0.2) is 6.33 Å². The molecule has 2 atom stereocenters. The molecule has 1 fully saturated rings. The summed E-state index contributed by atoms with van der Waals surface area (Å²) in [7, 11) is 0. The van der Waals surface area contributed by atoms with Crippen LogP contribution < -0.4 is 5.32 Å². The van der Waals surface area contributed by atoms with Crippen molar-refractivity contribution >= 4 is 17.4 Å². The van der Waals surface area contributed by atoms with Crippen LogP contribution in [0.5, 0.6) is 0 Å². The molecular formula is C15H24ClN3. The number of halogens is 1. The number of nitrogens with one attached hydrogen (secondary N) is 1. The summed E-state index contributed by atoms with van der Waals surface area (Å²) in [6, 6.07) is 0.502. The number of hydrogen-bond donors (Lipinski definition) is 1. The molecule has 0 radical (unpaired) electrons. The van der Waals surface area contributed by atoms with E-state index in [1.165, 1.54) is 19.3 Å². The lowest BCUT2D eigenvalue weighted by Gasteiger charge is -2.33. The van der Waals surface area contributed by atoms with Crippen molar-refractivity contribution in [2.75, 3.05) is 5.32 Å². The molecule has 0 aliphatic heterocycles. The second-order valence-electron chi connectivity index (χ2n) is 6.34. The molecular weight excluding hydrogens is 258 g/mol. The molecule has 106 valence electrons. The van der Waals surface area contributed by atoms with Crippen LogP contribution in [0, 0.1) is 11.8 Å². The van der Waals surface area contributed by atoms with Gasteiger partial charge in [-0.3, -0.25) is 0 Å². The number of hydrogen-bond acceptors (Lipinski definition) is 3. The first kappa shape index (κ1) is 14.6. The van der Waals surface area contributed by atoms with Gasteiger partial charge in [-0.15, -0.1) is 0 Å². The van der Waals surface area contributed by atoms with Crippen LogP contribution in [-0.4, -0.2) is 16.0 Å². The van der Waals surface area contributed by atoms with Crippen LogP contribution in [0.25, 0.3) is 0 Å². The van der Waals surface area contributed by atoms with Crippen LogP contribution in [0.3, 0.4) is 0 Å². The van der Waals surface area contributed by atoms with E-state index >= 15 is 0 Å². The van der Waals surface area contributed by atoms with Gasteiger partial charge < -0.3 is 5.32 Å². The van der Waals surface area contributed by atoms with Gasteiger partial charge in [0.1, 0.15) is 17.3 Å². The molecule has 0 bridgehead atoms. The third kappa shape index (κ3) is 3.59. The quantitative estimate of drug-likeness (QED) is 0.830. The summed E-state index contributed by atoms with van der Waals surface area (Å²) in [6.07, 6.45) is 5.30. The van der Waals surface area contributed by atoms with Crippen LogP contribution in [0.2, 0.25) is 5.15 Å². The van der Waals surface area contributed by atoms with Crippen molar-refractivity contribution in [2.45, 2.75) is 58.9 Å². The lowest BCUT2D eigenvalue weighted by atomic mass is 9.80. The van der Waals surface area contributed by atoms with E-state index in [4.69, 9.17) is 11.6 Å². The van der Waals surface area contributed by atoms with Gasteiger partial charge in [0, 0.05) is 11.6 Å². The van der Waals surface area contributed by atoms with Gasteiger partial charge in [0.15, 0.2) is 0 Å². The Bertz CT molecular complexity index is 423. The maximum absolute atomic E-state index is 6.21. The maximum atomic E-state index is 6.21. The van der Waals surface area contributed by atoms with Crippen LogP contribution in [-0.2, 0) is 0 Å². The highest BCUT2D eigenvalue weighted by Crippen LogP contribution is 2.33. The SMILES string of the molecule is CC1CC(C)CC(Nc2ncnc(Cl)c2C(C)C)C1. The maximum Gasteiger partial charge on any atom is 0.138 e. The average molecular weight is 282 g/mol. The lowest BCUT2D eigenvalue weighted by Crippen LogP contribution is -2.31. The van der Waals surface area contributed by atoms with Crippen molar-refractivity contribution in [1.82, 2.24) is 9.97 Å². The van der Waals surface area contributed by atoms with Crippen molar-refractivity contribution in [3.63, 3.8) is 0 Å². The van der Waals surface area contributed by atoms with E-state index in [1.54, 1.807) is 6.33 Å². The smallest absolute Gasteiger partial charge is 0.138 e. The topological polar surface area (TPSA) is 37.8 Å². The first-order valence-electron chi connectivity index (χ1n) is 7.24. The summed E-state index contributed by atoms with van der Waals surface area (Å²) < 4.78 is 0. The Kier molecular flexibility index (Phi) is 4.67. The van der Waals surface area contributed by atoms with E-state index in [0.717, 1.165) is 23.2 Å². The fourth-order valence-corrected chi connectivity index (χ4v) is 3.61. The van der Waals surface area contributed by atoms with Crippen LogP contribution in [0.1, 0.15) is 58.4 Å². The fraction of sp³-hybridized carbons (Fsp3) is 0.733. The Hall–Kier alpha value is -0.830. The van der Waals surface area contributed by atoms with Crippen molar-refractivity contribution < 1.29 is 0 Å². The van der Waals surface area contributed by atoms with Crippen molar-refractivity contribution in [1.29, 1.82) is 0 Å². The van der Waals surface area contributed by atoms with Crippen LogP contribution >= 0.6 is 11.6 Å². The van der Waals surface area contributed by atoms with Gasteiger partial charge in [-0.05, 0) is 37.0 Å². The number of anilines is 1. The highest BCUT2D eigenvalue weighted by Gasteiger charge is 2.25. The molecule has 1 saturated carbocycles. The Morgan fingerprint density at radius 3 is 2.37 bits per heavy atom. The number of aromatic nitrogens is 2. The Morgan fingerprint density at radius 2 is 1.79 bits per heavy atom. The summed E-state index contributed by atoms with van der Waals surface area (Å²) in [6.45, 7) is 8.92. The van der Waals surface area contributed by atoms with Crippen molar-refractivity contribution in [3.05, 3.63) is 17.0 Å². The summed E-state index contributed by atoms with van der Waals surface area (Å²) >= 11 is 6.21. The molecule has 1 N–H and O–H groups in total. The van der Waals surface area contributed by atoms with Gasteiger partial charge in [-0.1, -0.05) is 39.3 Å². The van der Waals surface area contributed by atoms with Crippen molar-refractivity contribution in [2.24, 2.45) is 11.8 Å². The fourth-order valence-electron chi connectivity index (χ4n) is 3.26. The second-order valence-corrected chi connectivity index (χ2v) is 6.70. The first-order chi connectivity index (χ1) is 8.97. The molecule has 1 aliphatic rings. The van der Waals surface area contributed by atoms with E-state index in [9.17, 15) is 0 Å². The summed E-state index contributed by atoms with van der Waals surface area (Å²) in [5.41, 5.74) is 1.04. The standard InChI is InChI=1S/C15H24ClN3/c1-9(2)13-14(16)17-8-18-15(13)19-12-6-10(3)5-11(4)7-12/h8-12H,5-7H2,1-4H3,(H,17,18,19). The van der Waals surface area contributed by atoms with Gasteiger partial charge >= 0.3 is 0 Å². The predicted octanol–water partition coefficient (Wildman–Crippen LogP) is 4.49. The average Bonchev–Trinajstić information content (AvgIpc) is 2.26. The minimum absolute atomic E-state index is 0.328. The zero-order valence-corrected chi connectivity index (χ0v) is 13.0.